The van der Waals surface area contributed by atoms with Gasteiger partial charge in [0.2, 0.25) is 17.1 Å². The number of halogens is 9. The van der Waals surface area contributed by atoms with Gasteiger partial charge in [0.1, 0.15) is 16.6 Å². The molecule has 0 N–H and O–H groups in total. The van der Waals surface area contributed by atoms with E-state index in [-0.39, 0.29) is 50.4 Å². The first-order valence-corrected chi connectivity index (χ1v) is 18.9. The third kappa shape index (κ3) is 7.34. The van der Waals surface area contributed by atoms with Crippen molar-refractivity contribution in [1.82, 2.24) is 15.0 Å². The molecule has 0 unspecified atom stereocenters. The quantitative estimate of drug-likeness (QED) is 0.165. The van der Waals surface area contributed by atoms with Crippen LogP contribution < -0.4 is 0 Å². The second-order valence-corrected chi connectivity index (χ2v) is 14.5. The molecule has 4 aromatic heterocycles. The van der Waals surface area contributed by atoms with Gasteiger partial charge in [0.15, 0.2) is 16.7 Å². The van der Waals surface area contributed by atoms with Crippen LogP contribution >= 0.6 is 0 Å². The molecule has 0 aliphatic heterocycles. The highest BCUT2D eigenvalue weighted by molar-refractivity contribution is 6.05. The molecule has 63 heavy (non-hydrogen) atoms. The Balaban J connectivity index is 1.27. The second kappa shape index (κ2) is 14.5. The van der Waals surface area contributed by atoms with E-state index in [0.29, 0.717) is 49.5 Å². The minimum absolute atomic E-state index is 0.0661. The molecule has 0 aliphatic carbocycles. The summed E-state index contributed by atoms with van der Waals surface area (Å²) >= 11 is 0. The average Bonchev–Trinajstić information content (AvgIpc) is 3.26. The molecule has 6 bridgehead atoms. The first-order valence-electron chi connectivity index (χ1n) is 18.9. The van der Waals surface area contributed by atoms with Gasteiger partial charge in [0.05, 0.1) is 16.7 Å². The Bertz CT molecular complexity index is 3140. The normalized spacial score (nSPS) is 12.5. The Kier molecular flexibility index (Phi) is 9.06. The minimum atomic E-state index is -4.54. The number of fused-ring (bicyclic) bond motifs is 3. The van der Waals surface area contributed by atoms with Crippen LogP contribution in [-0.4, -0.2) is 15.0 Å². The molecule has 6 nitrogen and oxygen atoms in total. The largest absolute Gasteiger partial charge is 0.437 e. The van der Waals surface area contributed by atoms with E-state index >= 15 is 0 Å². The van der Waals surface area contributed by atoms with E-state index in [9.17, 15) is 39.5 Å². The van der Waals surface area contributed by atoms with E-state index in [1.165, 1.54) is 36.4 Å². The third-order valence-corrected chi connectivity index (χ3v) is 10.6. The third-order valence-electron chi connectivity index (χ3n) is 10.6. The Morgan fingerprint density at radius 2 is 0.540 bits per heavy atom. The van der Waals surface area contributed by atoms with Crippen molar-refractivity contribution in [3.63, 3.8) is 0 Å². The molecule has 6 aromatic carbocycles. The van der Waals surface area contributed by atoms with E-state index in [1.807, 2.05) is 0 Å². The standard InChI is InChI=1S/C48H24F9N3O3/c49-46(50,51)28-7-1-25(2-8-28)31-13-19-37-43-34(31)16-22-40(58-43)62-38-20-14-32(26-3-9-29(10-4-26)47(52,53)54)36-18-24-42(60-44(36)38)63-39-21-15-33(35-17-23-41(61-37)59-45(35)39)27-5-11-30(12-6-27)48(55,56)57/h1-24H. The molecule has 0 fully saturated rings. The Labute approximate surface area is 347 Å². The van der Waals surface area contributed by atoms with Crippen LogP contribution in [0.1, 0.15) is 16.7 Å². The van der Waals surface area contributed by atoms with Crippen LogP contribution in [0.2, 0.25) is 0 Å². The zero-order valence-electron chi connectivity index (χ0n) is 31.8. The Morgan fingerprint density at radius 3 is 0.778 bits per heavy atom. The van der Waals surface area contributed by atoms with Gasteiger partial charge in [-0.25, -0.2) is 15.0 Å². The zero-order chi connectivity index (χ0) is 43.8. The maximum Gasteiger partial charge on any atom is 0.416 e. The highest BCUT2D eigenvalue weighted by atomic mass is 19.4. The lowest BCUT2D eigenvalue weighted by Gasteiger charge is -2.10. The summed E-state index contributed by atoms with van der Waals surface area (Å²) in [6.07, 6.45) is -13.6. The lowest BCUT2D eigenvalue weighted by atomic mass is 9.99. The Hall–Kier alpha value is -7.68. The van der Waals surface area contributed by atoms with Gasteiger partial charge in [0.25, 0.3) is 0 Å². The van der Waals surface area contributed by atoms with Crippen LogP contribution in [0.3, 0.4) is 0 Å². The van der Waals surface area contributed by atoms with Gasteiger partial charge in [-0.1, -0.05) is 36.4 Å². The van der Waals surface area contributed by atoms with Crippen LogP contribution in [0.25, 0.3) is 100.0 Å². The van der Waals surface area contributed by atoms with Crippen molar-refractivity contribution in [3.05, 3.63) is 162 Å². The number of aromatic nitrogens is 3. The minimum Gasteiger partial charge on any atom is -0.437 e. The van der Waals surface area contributed by atoms with Crippen LogP contribution in [0.4, 0.5) is 39.5 Å². The van der Waals surface area contributed by atoms with Gasteiger partial charge in [-0.15, -0.1) is 0 Å². The molecule has 0 atom stereocenters. The van der Waals surface area contributed by atoms with E-state index in [2.05, 4.69) is 0 Å². The molecule has 0 saturated carbocycles. The summed E-state index contributed by atoms with van der Waals surface area (Å²) in [4.78, 5) is 14.4. The van der Waals surface area contributed by atoms with Crippen LogP contribution in [0.5, 0.6) is 0 Å². The van der Waals surface area contributed by atoms with E-state index in [4.69, 9.17) is 28.2 Å². The number of nitrogens with zero attached hydrogens (tertiary/aromatic N) is 3. The van der Waals surface area contributed by atoms with Crippen molar-refractivity contribution in [1.29, 1.82) is 0 Å². The number of benzene rings is 6. The zero-order valence-corrected chi connectivity index (χ0v) is 31.8. The van der Waals surface area contributed by atoms with Crippen LogP contribution in [0, 0.1) is 0 Å². The molecule has 0 radical (unpaired) electrons. The maximum atomic E-state index is 13.5. The summed E-state index contributed by atoms with van der Waals surface area (Å²) < 4.78 is 140. The van der Waals surface area contributed by atoms with Gasteiger partial charge in [-0.05, 0) is 124 Å². The van der Waals surface area contributed by atoms with Gasteiger partial charge in [0, 0.05) is 34.4 Å². The van der Waals surface area contributed by atoms with Crippen molar-refractivity contribution in [2.45, 2.75) is 18.5 Å². The van der Waals surface area contributed by atoms with E-state index in [1.54, 1.807) is 72.8 Å². The first kappa shape index (κ1) is 39.5. The number of rotatable bonds is 3. The highest BCUT2D eigenvalue weighted by Gasteiger charge is 2.32. The molecule has 4 heterocycles. The predicted molar refractivity (Wildman–Crippen MR) is 219 cm³/mol. The van der Waals surface area contributed by atoms with Gasteiger partial charge in [-0.3, -0.25) is 0 Å². The summed E-state index contributed by atoms with van der Waals surface area (Å²) in [6.45, 7) is 0. The predicted octanol–water partition coefficient (Wildman–Crippen LogP) is 15.3. The summed E-state index contributed by atoms with van der Waals surface area (Å²) in [5.41, 5.74) is 2.04. The molecule has 0 saturated heterocycles. The van der Waals surface area contributed by atoms with Crippen LogP contribution in [0.15, 0.2) is 159 Å². The second-order valence-electron chi connectivity index (χ2n) is 14.5. The van der Waals surface area contributed by atoms with Crippen molar-refractivity contribution < 1.29 is 52.8 Å². The topological polar surface area (TPSA) is 78.1 Å². The van der Waals surface area contributed by atoms with Crippen molar-refractivity contribution in [3.8, 4) is 33.4 Å². The average molecular weight is 862 g/mol. The summed E-state index contributed by atoms with van der Waals surface area (Å²) in [5, 5.41) is 1.46. The van der Waals surface area contributed by atoms with Crippen molar-refractivity contribution in [2.75, 3.05) is 0 Å². The van der Waals surface area contributed by atoms with Crippen LogP contribution in [-0.2, 0) is 18.5 Å². The smallest absolute Gasteiger partial charge is 0.416 e. The fourth-order valence-electron chi connectivity index (χ4n) is 7.55. The Morgan fingerprint density at radius 1 is 0.286 bits per heavy atom. The summed E-state index contributed by atoms with van der Waals surface area (Å²) in [7, 11) is 0. The van der Waals surface area contributed by atoms with Gasteiger partial charge >= 0.3 is 18.5 Å². The SMILES string of the molecule is FC(F)(F)c1ccc(-c2ccc3oc4ccc5c(-c6ccc(C(F)(F)F)cc6)ccc(oc6ccc7c(-c8ccc(C(F)(F)F)cc8)ccc(oc8ccc2c3n8)c7n6)c5n4)cc1. The maximum absolute atomic E-state index is 13.5. The molecular weight excluding hydrogens is 838 g/mol. The van der Waals surface area contributed by atoms with Gasteiger partial charge in [-0.2, -0.15) is 39.5 Å². The molecule has 10 aromatic rings. The summed E-state index contributed by atoms with van der Waals surface area (Å²) in [5.74, 6) is 0. The fourth-order valence-corrected chi connectivity index (χ4v) is 7.55. The molecule has 0 amide bonds. The molecular formula is C48H24F9N3O3. The number of pyridine rings is 3. The number of hydrogen-bond donors (Lipinski definition) is 0. The molecule has 15 heteroatoms. The summed E-state index contributed by atoms with van der Waals surface area (Å²) in [6, 6.07) is 33.5. The molecule has 312 valence electrons. The van der Waals surface area contributed by atoms with Gasteiger partial charge < -0.3 is 13.3 Å². The lowest BCUT2D eigenvalue weighted by molar-refractivity contribution is -0.138. The number of alkyl halides is 9. The molecule has 10 rings (SSSR count). The highest BCUT2D eigenvalue weighted by Crippen LogP contribution is 2.39. The van der Waals surface area contributed by atoms with E-state index < -0.39 is 35.2 Å². The molecule has 0 aliphatic rings. The lowest BCUT2D eigenvalue weighted by Crippen LogP contribution is -2.04. The van der Waals surface area contributed by atoms with Crippen molar-refractivity contribution >= 4 is 66.6 Å². The van der Waals surface area contributed by atoms with E-state index in [0.717, 1.165) is 36.4 Å². The molecule has 0 spiro atoms. The van der Waals surface area contributed by atoms with Crippen molar-refractivity contribution in [2.24, 2.45) is 0 Å². The first-order chi connectivity index (χ1) is 30.1. The monoisotopic (exact) mass is 861 g/mol. The fraction of sp³-hybridized carbons (Fsp3) is 0.0625. The number of hydrogen-bond acceptors (Lipinski definition) is 6.